The van der Waals surface area contributed by atoms with E-state index in [9.17, 15) is 0 Å². The number of hydrogen-bond acceptors (Lipinski definition) is 2. The molecule has 0 radical (unpaired) electrons. The number of aliphatic imine (C=N–C) groups is 1. The van der Waals surface area contributed by atoms with Crippen LogP contribution in [0.25, 0.3) is 0 Å². The molecule has 1 aliphatic carbocycles. The summed E-state index contributed by atoms with van der Waals surface area (Å²) in [6.07, 6.45) is 5.40. The normalized spacial score (nSPS) is 23.7. The highest BCUT2D eigenvalue weighted by Crippen LogP contribution is 2.28. The Kier molecular flexibility index (Phi) is 10.7. The van der Waals surface area contributed by atoms with E-state index in [0.29, 0.717) is 6.54 Å². The smallest absolute Gasteiger partial charge is 0.193 e. The molecule has 1 aliphatic rings. The van der Waals surface area contributed by atoms with E-state index in [-0.39, 0.29) is 30.6 Å². The van der Waals surface area contributed by atoms with Crippen molar-refractivity contribution in [1.82, 2.24) is 10.2 Å². The van der Waals surface area contributed by atoms with Gasteiger partial charge in [0.2, 0.25) is 0 Å². The van der Waals surface area contributed by atoms with Gasteiger partial charge < -0.3 is 15.3 Å². The van der Waals surface area contributed by atoms with Crippen LogP contribution < -0.4 is 5.32 Å². The van der Waals surface area contributed by atoms with Crippen LogP contribution in [-0.2, 0) is 0 Å². The number of nitrogens with zero attached hydrogens (tertiary/aromatic N) is 2. The highest BCUT2D eigenvalue weighted by Gasteiger charge is 2.20. The molecular formula is C14H30IN3O. The largest absolute Gasteiger partial charge is 0.394 e. The van der Waals surface area contributed by atoms with E-state index in [1.54, 1.807) is 0 Å². The molecule has 0 aromatic carbocycles. The van der Waals surface area contributed by atoms with Crippen molar-refractivity contribution in [2.45, 2.75) is 39.5 Å². The fourth-order valence-electron chi connectivity index (χ4n) is 2.61. The van der Waals surface area contributed by atoms with E-state index in [1.807, 2.05) is 0 Å². The maximum absolute atomic E-state index is 8.86. The molecule has 1 saturated carbocycles. The quantitative estimate of drug-likeness (QED) is 0.435. The summed E-state index contributed by atoms with van der Waals surface area (Å²) in [5.41, 5.74) is 0. The zero-order valence-electron chi connectivity index (χ0n) is 12.6. The number of rotatable bonds is 5. The summed E-state index contributed by atoms with van der Waals surface area (Å²) in [6.45, 7) is 6.97. The number of hydrogen-bond donors (Lipinski definition) is 2. The van der Waals surface area contributed by atoms with Gasteiger partial charge in [-0.05, 0) is 31.6 Å². The Hall–Kier alpha value is -0.0400. The second-order valence-corrected chi connectivity index (χ2v) is 5.47. The number of guanidine groups is 1. The van der Waals surface area contributed by atoms with E-state index >= 15 is 0 Å². The number of aliphatic hydroxyl groups excluding tert-OH is 1. The third-order valence-electron chi connectivity index (χ3n) is 3.73. The van der Waals surface area contributed by atoms with Gasteiger partial charge in [0.15, 0.2) is 5.96 Å². The van der Waals surface area contributed by atoms with Gasteiger partial charge in [-0.2, -0.15) is 0 Å². The third kappa shape index (κ3) is 7.34. The number of aliphatic hydroxyl groups is 1. The van der Waals surface area contributed by atoms with Crippen LogP contribution in [0.5, 0.6) is 0 Å². The maximum atomic E-state index is 8.86. The molecule has 0 amide bonds. The predicted molar refractivity (Wildman–Crippen MR) is 92.2 cm³/mol. The molecule has 114 valence electrons. The molecule has 19 heavy (non-hydrogen) atoms. The van der Waals surface area contributed by atoms with Crippen molar-refractivity contribution in [2.75, 3.05) is 33.3 Å². The molecule has 0 aromatic rings. The van der Waals surface area contributed by atoms with Gasteiger partial charge in [0.05, 0.1) is 13.2 Å². The molecule has 0 aliphatic heterocycles. The first-order valence-electron chi connectivity index (χ1n) is 7.27. The van der Waals surface area contributed by atoms with Gasteiger partial charge in [-0.3, -0.25) is 4.99 Å². The van der Waals surface area contributed by atoms with Crippen LogP contribution >= 0.6 is 24.0 Å². The van der Waals surface area contributed by atoms with Gasteiger partial charge in [0.1, 0.15) is 0 Å². The van der Waals surface area contributed by atoms with Crippen LogP contribution in [0.2, 0.25) is 0 Å². The predicted octanol–water partition coefficient (Wildman–Crippen LogP) is 2.32. The van der Waals surface area contributed by atoms with Crippen molar-refractivity contribution < 1.29 is 5.11 Å². The zero-order valence-corrected chi connectivity index (χ0v) is 14.9. The fraction of sp³-hybridized carbons (Fsp3) is 0.929. The van der Waals surface area contributed by atoms with Gasteiger partial charge in [-0.1, -0.05) is 19.8 Å². The molecule has 0 heterocycles. The van der Waals surface area contributed by atoms with Crippen molar-refractivity contribution in [3.8, 4) is 0 Å². The Labute approximate surface area is 135 Å². The fourth-order valence-corrected chi connectivity index (χ4v) is 2.61. The standard InChI is InChI=1S/C14H29N3O.HI/c1-4-15-14(16-9-10-18)17(3)11-13-7-5-12(2)6-8-13;/h12-13,18H,4-11H2,1-3H3,(H,15,16);1H. The molecular weight excluding hydrogens is 353 g/mol. The molecule has 5 heteroatoms. The van der Waals surface area contributed by atoms with E-state index in [1.165, 1.54) is 25.7 Å². The van der Waals surface area contributed by atoms with Crippen LogP contribution in [0, 0.1) is 11.8 Å². The second kappa shape index (κ2) is 10.7. The van der Waals surface area contributed by atoms with Crippen molar-refractivity contribution in [3.63, 3.8) is 0 Å². The van der Waals surface area contributed by atoms with E-state index in [2.05, 4.69) is 36.1 Å². The number of nitrogens with one attached hydrogen (secondary N) is 1. The molecule has 2 N–H and O–H groups in total. The molecule has 4 nitrogen and oxygen atoms in total. The summed E-state index contributed by atoms with van der Waals surface area (Å²) in [4.78, 5) is 6.60. The van der Waals surface area contributed by atoms with E-state index < -0.39 is 0 Å². The lowest BCUT2D eigenvalue weighted by Crippen LogP contribution is -2.42. The summed E-state index contributed by atoms with van der Waals surface area (Å²) in [6, 6.07) is 0. The molecule has 1 fully saturated rings. The minimum Gasteiger partial charge on any atom is -0.394 e. The number of halogens is 1. The summed E-state index contributed by atoms with van der Waals surface area (Å²) in [5.74, 6) is 2.62. The SMILES string of the molecule is CCNC(=NCCO)N(C)CC1CCC(C)CC1.I. The van der Waals surface area contributed by atoms with Gasteiger partial charge >= 0.3 is 0 Å². The minimum absolute atomic E-state index is 0. The van der Waals surface area contributed by atoms with Gasteiger partial charge in [-0.25, -0.2) is 0 Å². The van der Waals surface area contributed by atoms with Gasteiger partial charge in [0.25, 0.3) is 0 Å². The van der Waals surface area contributed by atoms with Crippen LogP contribution in [-0.4, -0.2) is 49.3 Å². The maximum Gasteiger partial charge on any atom is 0.193 e. The first-order chi connectivity index (χ1) is 8.67. The summed E-state index contributed by atoms with van der Waals surface area (Å²) in [5, 5.41) is 12.1. The lowest BCUT2D eigenvalue weighted by Gasteiger charge is -2.31. The van der Waals surface area contributed by atoms with E-state index in [0.717, 1.165) is 30.9 Å². The van der Waals surface area contributed by atoms with Crippen LogP contribution in [0.15, 0.2) is 4.99 Å². The third-order valence-corrected chi connectivity index (χ3v) is 3.73. The Balaban J connectivity index is 0.00000324. The van der Waals surface area contributed by atoms with Crippen molar-refractivity contribution in [3.05, 3.63) is 0 Å². The van der Waals surface area contributed by atoms with Crippen LogP contribution in [0.1, 0.15) is 39.5 Å². The van der Waals surface area contributed by atoms with Gasteiger partial charge in [0, 0.05) is 20.1 Å². The Morgan fingerprint density at radius 2 is 1.95 bits per heavy atom. The second-order valence-electron chi connectivity index (χ2n) is 5.47. The van der Waals surface area contributed by atoms with Gasteiger partial charge in [-0.15, -0.1) is 24.0 Å². The highest BCUT2D eigenvalue weighted by molar-refractivity contribution is 14.0. The molecule has 0 bridgehead atoms. The molecule has 1 rings (SSSR count). The average molecular weight is 383 g/mol. The lowest BCUT2D eigenvalue weighted by atomic mass is 9.83. The Bertz CT molecular complexity index is 253. The van der Waals surface area contributed by atoms with Crippen molar-refractivity contribution in [1.29, 1.82) is 0 Å². The molecule has 0 atom stereocenters. The molecule has 0 unspecified atom stereocenters. The van der Waals surface area contributed by atoms with E-state index in [4.69, 9.17) is 5.11 Å². The average Bonchev–Trinajstić information content (AvgIpc) is 2.37. The molecule has 0 saturated heterocycles. The first-order valence-corrected chi connectivity index (χ1v) is 7.27. The van der Waals surface area contributed by atoms with Crippen molar-refractivity contribution in [2.24, 2.45) is 16.8 Å². The first kappa shape index (κ1) is 19.0. The van der Waals surface area contributed by atoms with Crippen LogP contribution in [0.4, 0.5) is 0 Å². The summed E-state index contributed by atoms with van der Waals surface area (Å²) < 4.78 is 0. The minimum atomic E-state index is 0. The lowest BCUT2D eigenvalue weighted by molar-refractivity contribution is 0.249. The Morgan fingerprint density at radius 1 is 1.32 bits per heavy atom. The topological polar surface area (TPSA) is 47.9 Å². The summed E-state index contributed by atoms with van der Waals surface area (Å²) >= 11 is 0. The Morgan fingerprint density at radius 3 is 2.47 bits per heavy atom. The van der Waals surface area contributed by atoms with Crippen LogP contribution in [0.3, 0.4) is 0 Å². The zero-order chi connectivity index (χ0) is 13.4. The molecule has 0 spiro atoms. The van der Waals surface area contributed by atoms with Crippen molar-refractivity contribution >= 4 is 29.9 Å². The summed E-state index contributed by atoms with van der Waals surface area (Å²) in [7, 11) is 2.09. The highest BCUT2D eigenvalue weighted by atomic mass is 127. The monoisotopic (exact) mass is 383 g/mol. The molecule has 0 aromatic heterocycles.